The first kappa shape index (κ1) is 40.1. The summed E-state index contributed by atoms with van der Waals surface area (Å²) in [5.74, 6) is -0.104. The van der Waals surface area contributed by atoms with E-state index in [9.17, 15) is 19.5 Å². The van der Waals surface area contributed by atoms with Crippen molar-refractivity contribution in [3.05, 3.63) is 88.3 Å². The first-order valence-electron chi connectivity index (χ1n) is 17.8. The second-order valence-corrected chi connectivity index (χ2v) is 15.3. The first-order chi connectivity index (χ1) is 25.5. The summed E-state index contributed by atoms with van der Waals surface area (Å²) < 4.78 is 11.4. The van der Waals surface area contributed by atoms with Gasteiger partial charge in [-0.1, -0.05) is 29.8 Å². The smallest absolute Gasteiger partial charge is 0.410 e. The monoisotopic (exact) mass is 757 g/mol. The van der Waals surface area contributed by atoms with Crippen molar-refractivity contribution in [2.24, 2.45) is 0 Å². The maximum absolute atomic E-state index is 13.3. The third-order valence-corrected chi connectivity index (χ3v) is 9.00. The predicted octanol–water partition coefficient (Wildman–Crippen LogP) is 6.30. The van der Waals surface area contributed by atoms with E-state index in [0.29, 0.717) is 65.0 Å². The summed E-state index contributed by atoms with van der Waals surface area (Å²) in [7, 11) is 1.51. The summed E-state index contributed by atoms with van der Waals surface area (Å²) in [6.45, 7) is 12.1. The number of pyridine rings is 3. The van der Waals surface area contributed by atoms with Crippen LogP contribution >= 0.6 is 11.6 Å². The van der Waals surface area contributed by atoms with Crippen molar-refractivity contribution in [3.8, 4) is 28.4 Å². The summed E-state index contributed by atoms with van der Waals surface area (Å²) in [6.07, 6.45) is 3.81. The fourth-order valence-corrected chi connectivity index (χ4v) is 6.26. The highest BCUT2D eigenvalue weighted by Crippen LogP contribution is 2.38. The van der Waals surface area contributed by atoms with Crippen molar-refractivity contribution < 1.29 is 29.0 Å². The molecule has 4 aromatic rings. The van der Waals surface area contributed by atoms with Crippen LogP contribution in [-0.4, -0.2) is 80.3 Å². The van der Waals surface area contributed by atoms with E-state index in [1.807, 2.05) is 31.2 Å². The number of carbonyl (C=O) groups excluding carboxylic acids is 3. The van der Waals surface area contributed by atoms with Gasteiger partial charge < -0.3 is 35.4 Å². The summed E-state index contributed by atoms with van der Waals surface area (Å²) in [4.78, 5) is 53.6. The van der Waals surface area contributed by atoms with Gasteiger partial charge in [0.15, 0.2) is 0 Å². The lowest BCUT2D eigenvalue weighted by Gasteiger charge is -2.29. The number of ether oxygens (including phenoxy) is 2. The van der Waals surface area contributed by atoms with Gasteiger partial charge in [-0.25, -0.2) is 9.78 Å². The standard InChI is InChI=1S/C40H48ClN7O6/c1-24-28(9-8-10-30(24)46-36(50)32-14-11-25(20-44-32)19-42-23-40(5,6)52)35-34(41)29(17-18-43-35)31-15-12-26(37(47-31)53-7)21-48(38(51)54-39(2,3)4)22-27-13-16-33(49)45-27/h8-12,14-15,17-18,20,27,42,52H,13,16,19,21-23H2,1-7H3,(H,45,49)(H,46,50)/t27-/m0/s1. The normalized spacial score (nSPS) is 14.4. The third-order valence-electron chi connectivity index (χ3n) is 8.62. The number of amides is 3. The van der Waals surface area contributed by atoms with E-state index in [2.05, 4.69) is 25.9 Å². The molecule has 0 radical (unpaired) electrons. The maximum Gasteiger partial charge on any atom is 0.410 e. The Morgan fingerprint density at radius 1 is 1.06 bits per heavy atom. The Hall–Kier alpha value is -5.11. The lowest BCUT2D eigenvalue weighted by Crippen LogP contribution is -2.43. The molecule has 1 aliphatic heterocycles. The van der Waals surface area contributed by atoms with Crippen molar-refractivity contribution in [2.45, 2.75) is 84.7 Å². The summed E-state index contributed by atoms with van der Waals surface area (Å²) in [5.41, 5.74) is 3.95. The zero-order valence-corrected chi connectivity index (χ0v) is 32.5. The van der Waals surface area contributed by atoms with Crippen molar-refractivity contribution >= 4 is 35.2 Å². The fourth-order valence-electron chi connectivity index (χ4n) is 5.95. The number of halogens is 1. The minimum atomic E-state index is -0.830. The molecule has 5 rings (SSSR count). The number of nitrogens with one attached hydrogen (secondary N) is 3. The molecule has 4 heterocycles. The quantitative estimate of drug-likeness (QED) is 0.121. The predicted molar refractivity (Wildman–Crippen MR) is 207 cm³/mol. The molecular weight excluding hydrogens is 710 g/mol. The number of rotatable bonds is 13. The molecule has 1 saturated heterocycles. The molecule has 54 heavy (non-hydrogen) atoms. The number of hydrogen-bond acceptors (Lipinski definition) is 10. The number of aromatic nitrogens is 3. The minimum Gasteiger partial charge on any atom is -0.481 e. The molecule has 286 valence electrons. The number of carbonyl (C=O) groups is 3. The Morgan fingerprint density at radius 2 is 1.83 bits per heavy atom. The molecule has 1 atom stereocenters. The third kappa shape index (κ3) is 10.5. The van der Waals surface area contributed by atoms with Gasteiger partial charge in [-0.05, 0) is 89.4 Å². The topological polar surface area (TPSA) is 168 Å². The van der Waals surface area contributed by atoms with Crippen LogP contribution < -0.4 is 20.7 Å². The highest BCUT2D eigenvalue weighted by atomic mass is 35.5. The summed E-state index contributed by atoms with van der Waals surface area (Å²) in [5, 5.41) is 19.3. The highest BCUT2D eigenvalue weighted by molar-refractivity contribution is 6.35. The van der Waals surface area contributed by atoms with Gasteiger partial charge >= 0.3 is 6.09 Å². The van der Waals surface area contributed by atoms with Crippen LogP contribution in [0.4, 0.5) is 10.5 Å². The maximum atomic E-state index is 13.3. The van der Waals surface area contributed by atoms with E-state index >= 15 is 0 Å². The zero-order chi connectivity index (χ0) is 39.2. The lowest BCUT2D eigenvalue weighted by atomic mass is 10.0. The molecule has 0 unspecified atom stereocenters. The van der Waals surface area contributed by atoms with Crippen LogP contribution in [0, 0.1) is 6.92 Å². The van der Waals surface area contributed by atoms with E-state index in [0.717, 1.165) is 16.7 Å². The van der Waals surface area contributed by atoms with Crippen LogP contribution in [0.2, 0.25) is 5.02 Å². The molecule has 0 bridgehead atoms. The Kier molecular flexibility index (Phi) is 12.6. The van der Waals surface area contributed by atoms with Gasteiger partial charge in [0, 0.05) is 66.9 Å². The van der Waals surface area contributed by atoms with Crippen molar-refractivity contribution in [2.75, 3.05) is 25.5 Å². The molecule has 4 N–H and O–H groups in total. The van der Waals surface area contributed by atoms with Crippen LogP contribution in [0.25, 0.3) is 22.5 Å². The summed E-state index contributed by atoms with van der Waals surface area (Å²) in [6, 6.07) is 14.2. The molecule has 0 spiro atoms. The first-order valence-corrected chi connectivity index (χ1v) is 18.1. The van der Waals surface area contributed by atoms with E-state index in [-0.39, 0.29) is 36.6 Å². The van der Waals surface area contributed by atoms with Crippen molar-refractivity contribution in [1.82, 2.24) is 30.5 Å². The largest absolute Gasteiger partial charge is 0.481 e. The van der Waals surface area contributed by atoms with Crippen LogP contribution in [0.3, 0.4) is 0 Å². The van der Waals surface area contributed by atoms with Gasteiger partial charge in [0.25, 0.3) is 5.91 Å². The Morgan fingerprint density at radius 3 is 2.48 bits per heavy atom. The van der Waals surface area contributed by atoms with Crippen molar-refractivity contribution in [1.29, 1.82) is 0 Å². The number of anilines is 1. The number of aliphatic hydroxyl groups is 1. The second-order valence-electron chi connectivity index (χ2n) is 14.9. The van der Waals surface area contributed by atoms with Crippen molar-refractivity contribution in [3.63, 3.8) is 0 Å². The summed E-state index contributed by atoms with van der Waals surface area (Å²) >= 11 is 7.05. The lowest BCUT2D eigenvalue weighted by molar-refractivity contribution is -0.119. The molecule has 1 fully saturated rings. The SMILES string of the molecule is COc1nc(-c2ccnc(-c3cccc(NC(=O)c4ccc(CNCC(C)(C)O)cn4)c3C)c2Cl)ccc1CN(C[C@@H]1CCC(=O)N1)C(=O)OC(C)(C)C. The number of hydrogen-bond donors (Lipinski definition) is 4. The zero-order valence-electron chi connectivity index (χ0n) is 31.7. The second kappa shape index (κ2) is 16.9. The molecule has 13 nitrogen and oxygen atoms in total. The highest BCUT2D eigenvalue weighted by Gasteiger charge is 2.29. The van der Waals surface area contributed by atoms with Gasteiger partial charge in [-0.15, -0.1) is 0 Å². The fraction of sp³-hybridized carbons (Fsp3) is 0.400. The Bertz CT molecular complexity index is 1990. The average Bonchev–Trinajstić information content (AvgIpc) is 3.52. The van der Waals surface area contributed by atoms with Crippen LogP contribution in [-0.2, 0) is 22.6 Å². The molecule has 3 aromatic heterocycles. The number of methoxy groups -OCH3 is 1. The van der Waals surface area contributed by atoms with Gasteiger partial charge in [0.05, 0.1) is 35.7 Å². The van der Waals surface area contributed by atoms with Gasteiger partial charge in [-0.3, -0.25) is 19.6 Å². The molecule has 0 aliphatic carbocycles. The van der Waals surface area contributed by atoms with Crippen LogP contribution in [0.5, 0.6) is 5.88 Å². The Balaban J connectivity index is 1.35. The van der Waals surface area contributed by atoms with Crippen LogP contribution in [0.1, 0.15) is 74.6 Å². The van der Waals surface area contributed by atoms with Gasteiger partial charge in [0.2, 0.25) is 11.8 Å². The number of benzene rings is 1. The van der Waals surface area contributed by atoms with Gasteiger partial charge in [0.1, 0.15) is 11.3 Å². The molecule has 1 aliphatic rings. The molecule has 3 amide bonds. The Labute approximate surface area is 320 Å². The number of nitrogens with zero attached hydrogens (tertiary/aromatic N) is 4. The minimum absolute atomic E-state index is 0.0411. The molecular formula is C40H48ClN7O6. The van der Waals surface area contributed by atoms with Gasteiger partial charge in [-0.2, -0.15) is 0 Å². The molecule has 14 heteroatoms. The molecule has 0 saturated carbocycles. The van der Waals surface area contributed by atoms with E-state index < -0.39 is 17.3 Å². The van der Waals surface area contributed by atoms with E-state index in [1.165, 1.54) is 7.11 Å². The van der Waals surface area contributed by atoms with Crippen LogP contribution in [0.15, 0.2) is 60.9 Å². The van der Waals surface area contributed by atoms with E-state index in [1.54, 1.807) is 76.2 Å². The molecule has 1 aromatic carbocycles. The average molecular weight is 758 g/mol. The van der Waals surface area contributed by atoms with E-state index in [4.69, 9.17) is 26.1 Å².